The van der Waals surface area contributed by atoms with Gasteiger partial charge in [0.05, 0.1) is 11.3 Å². The van der Waals surface area contributed by atoms with Gasteiger partial charge in [-0.2, -0.15) is 13.2 Å². The van der Waals surface area contributed by atoms with Gasteiger partial charge in [-0.1, -0.05) is 78.9 Å². The molecule has 0 saturated heterocycles. The zero-order valence-corrected chi connectivity index (χ0v) is 17.1. The summed E-state index contributed by atoms with van der Waals surface area (Å²) in [4.78, 5) is 20.0. The lowest BCUT2D eigenvalue weighted by Crippen LogP contribution is -2.12. The molecule has 1 heterocycles. The van der Waals surface area contributed by atoms with E-state index in [1.165, 1.54) is 12.1 Å². The van der Waals surface area contributed by atoms with Crippen molar-refractivity contribution >= 4 is 18.1 Å². The van der Waals surface area contributed by atoms with E-state index in [0.717, 1.165) is 11.6 Å². The number of aromatic nitrogens is 2. The lowest BCUT2D eigenvalue weighted by molar-refractivity contribution is -0.141. The molecule has 0 aliphatic rings. The maximum absolute atomic E-state index is 13.7. The van der Waals surface area contributed by atoms with Gasteiger partial charge in [-0.15, -0.1) is 0 Å². The topological polar surface area (TPSA) is 63.1 Å². The van der Waals surface area contributed by atoms with Gasteiger partial charge in [0.1, 0.15) is 5.69 Å². The van der Waals surface area contributed by atoms with E-state index in [9.17, 15) is 23.1 Å². The minimum Gasteiger partial charge on any atom is -0.478 e. The highest BCUT2D eigenvalue weighted by atomic mass is 19.4. The quantitative estimate of drug-likeness (QED) is 0.371. The van der Waals surface area contributed by atoms with Crippen molar-refractivity contribution in [2.75, 3.05) is 0 Å². The van der Waals surface area contributed by atoms with E-state index in [4.69, 9.17) is 0 Å². The van der Waals surface area contributed by atoms with E-state index in [2.05, 4.69) is 9.97 Å². The third kappa shape index (κ3) is 4.98. The zero-order chi connectivity index (χ0) is 23.4. The fraction of sp³-hybridized carbons (Fsp3) is 0.0385. The van der Waals surface area contributed by atoms with Crippen LogP contribution in [0.25, 0.3) is 34.7 Å². The Balaban J connectivity index is 1.95. The van der Waals surface area contributed by atoms with Crippen molar-refractivity contribution in [3.8, 4) is 22.5 Å². The molecule has 0 atom stereocenters. The summed E-state index contributed by atoms with van der Waals surface area (Å²) in [6.45, 7) is 0. The minimum atomic E-state index is -4.74. The van der Waals surface area contributed by atoms with Gasteiger partial charge in [-0.05, 0) is 34.9 Å². The highest BCUT2D eigenvalue weighted by molar-refractivity contribution is 6.00. The average Bonchev–Trinajstić information content (AvgIpc) is 2.82. The molecule has 0 bridgehead atoms. The molecule has 164 valence electrons. The largest absolute Gasteiger partial charge is 0.478 e. The number of rotatable bonds is 5. The molecule has 33 heavy (non-hydrogen) atoms. The van der Waals surface area contributed by atoms with E-state index in [1.54, 1.807) is 60.7 Å². The molecule has 0 spiro atoms. The molecule has 3 aromatic carbocycles. The number of aromatic carboxylic acids is 1. The molecule has 0 unspecified atom stereocenters. The highest BCUT2D eigenvalue weighted by Crippen LogP contribution is 2.36. The third-order valence-electron chi connectivity index (χ3n) is 4.89. The molecule has 1 N–H and O–H groups in total. The van der Waals surface area contributed by atoms with Crippen LogP contribution in [-0.2, 0) is 6.18 Å². The van der Waals surface area contributed by atoms with E-state index in [1.807, 2.05) is 18.2 Å². The maximum Gasteiger partial charge on any atom is 0.433 e. The van der Waals surface area contributed by atoms with Crippen molar-refractivity contribution in [3.63, 3.8) is 0 Å². The Bertz CT molecular complexity index is 1320. The third-order valence-corrected chi connectivity index (χ3v) is 4.89. The van der Waals surface area contributed by atoms with Crippen LogP contribution >= 0.6 is 0 Å². The van der Waals surface area contributed by atoms with E-state index in [-0.39, 0.29) is 22.6 Å². The maximum atomic E-state index is 13.7. The van der Waals surface area contributed by atoms with Crippen molar-refractivity contribution in [2.45, 2.75) is 6.18 Å². The molecule has 0 saturated carbocycles. The Morgan fingerprint density at radius 2 is 1.48 bits per heavy atom. The number of carboxylic acids is 1. The number of benzene rings is 3. The summed E-state index contributed by atoms with van der Waals surface area (Å²) < 4.78 is 41.0. The Hall–Kier alpha value is -4.26. The first-order valence-corrected chi connectivity index (χ1v) is 9.94. The van der Waals surface area contributed by atoms with Gasteiger partial charge in [0.25, 0.3) is 0 Å². The molecule has 0 fully saturated rings. The summed E-state index contributed by atoms with van der Waals surface area (Å²) in [5.74, 6) is -1.60. The number of hydrogen-bond donors (Lipinski definition) is 1. The Labute approximate surface area is 187 Å². The molecule has 1 aromatic heterocycles. The van der Waals surface area contributed by atoms with Crippen LogP contribution in [0.4, 0.5) is 13.2 Å². The lowest BCUT2D eigenvalue weighted by atomic mass is 9.94. The molecular weight excluding hydrogens is 429 g/mol. The smallest absolute Gasteiger partial charge is 0.433 e. The predicted molar refractivity (Wildman–Crippen MR) is 120 cm³/mol. The molecule has 7 heteroatoms. The predicted octanol–water partition coefficient (Wildman–Crippen LogP) is 6.70. The Morgan fingerprint density at radius 3 is 2.12 bits per heavy atom. The Morgan fingerprint density at radius 1 is 0.818 bits per heavy atom. The van der Waals surface area contributed by atoms with Gasteiger partial charge in [-0.25, -0.2) is 14.8 Å². The number of carboxylic acid groups (broad SMARTS) is 1. The number of nitrogens with zero attached hydrogens (tertiary/aromatic N) is 2. The summed E-state index contributed by atoms with van der Waals surface area (Å²) in [5, 5.41) is 9.76. The summed E-state index contributed by atoms with van der Waals surface area (Å²) >= 11 is 0. The first-order valence-electron chi connectivity index (χ1n) is 9.94. The monoisotopic (exact) mass is 446 g/mol. The summed E-state index contributed by atoms with van der Waals surface area (Å²) in [6.07, 6.45) is -1.66. The van der Waals surface area contributed by atoms with Gasteiger partial charge in [0.15, 0.2) is 5.82 Å². The van der Waals surface area contributed by atoms with Crippen molar-refractivity contribution in [3.05, 3.63) is 107 Å². The minimum absolute atomic E-state index is 0.00961. The summed E-state index contributed by atoms with van der Waals surface area (Å²) in [7, 11) is 0. The van der Waals surface area contributed by atoms with Crippen LogP contribution in [0.15, 0.2) is 84.9 Å². The number of halogens is 3. The van der Waals surface area contributed by atoms with Gasteiger partial charge in [-0.3, -0.25) is 0 Å². The van der Waals surface area contributed by atoms with Crippen molar-refractivity contribution in [1.82, 2.24) is 9.97 Å². The fourth-order valence-corrected chi connectivity index (χ4v) is 3.38. The van der Waals surface area contributed by atoms with Crippen molar-refractivity contribution in [1.29, 1.82) is 0 Å². The van der Waals surface area contributed by atoms with Crippen LogP contribution in [0.1, 0.15) is 27.3 Å². The van der Waals surface area contributed by atoms with Gasteiger partial charge < -0.3 is 5.11 Å². The van der Waals surface area contributed by atoms with E-state index < -0.39 is 17.8 Å². The van der Waals surface area contributed by atoms with Gasteiger partial charge in [0, 0.05) is 5.56 Å². The zero-order valence-electron chi connectivity index (χ0n) is 17.1. The second kappa shape index (κ2) is 9.08. The average molecular weight is 446 g/mol. The lowest BCUT2D eigenvalue weighted by Gasteiger charge is -2.14. The van der Waals surface area contributed by atoms with Crippen LogP contribution in [0.5, 0.6) is 0 Å². The standard InChI is InChI=1S/C26H17F3N2O2/c27-26(28,29)22-16-19(15-14-17-8-3-1-4-9-17)30-24(31-22)23-20(18-10-5-2-6-11-18)12-7-13-21(23)25(32)33/h1-16H,(H,32,33). The van der Waals surface area contributed by atoms with Crippen LogP contribution in [-0.4, -0.2) is 21.0 Å². The fourth-order valence-electron chi connectivity index (χ4n) is 3.38. The first-order chi connectivity index (χ1) is 15.8. The number of carbonyl (C=O) groups is 1. The molecule has 0 aliphatic heterocycles. The number of alkyl halides is 3. The first kappa shape index (κ1) is 22.0. The SMILES string of the molecule is O=C(O)c1cccc(-c2ccccc2)c1-c1nc(C=Cc2ccccc2)cc(C(F)(F)F)n1. The van der Waals surface area contributed by atoms with E-state index in [0.29, 0.717) is 11.1 Å². The molecule has 0 radical (unpaired) electrons. The van der Waals surface area contributed by atoms with E-state index >= 15 is 0 Å². The van der Waals surface area contributed by atoms with Gasteiger partial charge in [0.2, 0.25) is 0 Å². The summed E-state index contributed by atoms with van der Waals surface area (Å²) in [5.41, 5.74) is 0.535. The molecule has 0 amide bonds. The van der Waals surface area contributed by atoms with Crippen LogP contribution in [0, 0.1) is 0 Å². The molecule has 0 aliphatic carbocycles. The van der Waals surface area contributed by atoms with Gasteiger partial charge >= 0.3 is 12.1 Å². The second-order valence-electron chi connectivity index (χ2n) is 7.14. The normalized spacial score (nSPS) is 11.6. The molecular formula is C26H17F3N2O2. The second-order valence-corrected chi connectivity index (χ2v) is 7.14. The number of hydrogen-bond acceptors (Lipinski definition) is 3. The van der Waals surface area contributed by atoms with Crippen LogP contribution < -0.4 is 0 Å². The highest BCUT2D eigenvalue weighted by Gasteiger charge is 2.34. The van der Waals surface area contributed by atoms with Crippen molar-refractivity contribution < 1.29 is 23.1 Å². The Kier molecular flexibility index (Phi) is 6.04. The van der Waals surface area contributed by atoms with Crippen LogP contribution in [0.3, 0.4) is 0 Å². The molecule has 4 rings (SSSR count). The molecule has 4 aromatic rings. The summed E-state index contributed by atoms with van der Waals surface area (Å²) in [6, 6.07) is 23.2. The van der Waals surface area contributed by atoms with Crippen molar-refractivity contribution in [2.24, 2.45) is 0 Å². The van der Waals surface area contributed by atoms with Crippen LogP contribution in [0.2, 0.25) is 0 Å². The molecule has 4 nitrogen and oxygen atoms in total.